The first-order valence-corrected chi connectivity index (χ1v) is 7.88. The molecular weight excluding hydrogens is 291 g/mol. The number of carbonyl (C=O) groups excluding carboxylic acids is 1. The summed E-state index contributed by atoms with van der Waals surface area (Å²) >= 11 is 0. The van der Waals surface area contributed by atoms with Crippen molar-refractivity contribution < 1.29 is 9.18 Å². The Kier molecular flexibility index (Phi) is 6.15. The van der Waals surface area contributed by atoms with Crippen molar-refractivity contribution >= 4 is 6.03 Å². The Bertz CT molecular complexity index is 628. The maximum Gasteiger partial charge on any atom is 0.315 e. The van der Waals surface area contributed by atoms with Crippen LogP contribution in [0, 0.1) is 11.7 Å². The molecule has 4 heteroatoms. The second kappa shape index (κ2) is 8.32. The van der Waals surface area contributed by atoms with E-state index in [1.807, 2.05) is 30.3 Å². The summed E-state index contributed by atoms with van der Waals surface area (Å²) in [4.78, 5) is 12.2. The number of nitrogens with one attached hydrogen (secondary N) is 2. The van der Waals surface area contributed by atoms with Gasteiger partial charge in [-0.15, -0.1) is 0 Å². The lowest BCUT2D eigenvalue weighted by Gasteiger charge is -2.21. The van der Waals surface area contributed by atoms with Crippen LogP contribution in [0.4, 0.5) is 9.18 Å². The summed E-state index contributed by atoms with van der Waals surface area (Å²) in [5.74, 6) is 0.162. The monoisotopic (exact) mass is 314 g/mol. The molecule has 0 fully saturated rings. The average molecular weight is 314 g/mol. The summed E-state index contributed by atoms with van der Waals surface area (Å²) in [6.45, 7) is 4.55. The lowest BCUT2D eigenvalue weighted by molar-refractivity contribution is 0.234. The molecule has 1 atom stereocenters. The first kappa shape index (κ1) is 17.0. The van der Waals surface area contributed by atoms with Crippen molar-refractivity contribution in [3.63, 3.8) is 0 Å². The van der Waals surface area contributed by atoms with Gasteiger partial charge in [0.1, 0.15) is 5.82 Å². The topological polar surface area (TPSA) is 41.1 Å². The normalized spacial score (nSPS) is 12.0. The number of hydrogen-bond acceptors (Lipinski definition) is 1. The van der Waals surface area contributed by atoms with E-state index < -0.39 is 0 Å². The fourth-order valence-corrected chi connectivity index (χ4v) is 2.47. The van der Waals surface area contributed by atoms with Crippen molar-refractivity contribution in [2.24, 2.45) is 5.92 Å². The zero-order valence-corrected chi connectivity index (χ0v) is 13.6. The van der Waals surface area contributed by atoms with Gasteiger partial charge in [0.15, 0.2) is 0 Å². The maximum atomic E-state index is 13.1. The number of amides is 2. The van der Waals surface area contributed by atoms with Crippen LogP contribution in [0.2, 0.25) is 0 Å². The Morgan fingerprint density at radius 2 is 1.83 bits per heavy atom. The van der Waals surface area contributed by atoms with E-state index in [0.717, 1.165) is 17.5 Å². The second-order valence-electron chi connectivity index (χ2n) is 6.05. The van der Waals surface area contributed by atoms with Gasteiger partial charge in [-0.25, -0.2) is 9.18 Å². The molecule has 2 amide bonds. The van der Waals surface area contributed by atoms with Crippen LogP contribution < -0.4 is 10.6 Å². The van der Waals surface area contributed by atoms with Crippen LogP contribution in [0.5, 0.6) is 0 Å². The van der Waals surface area contributed by atoms with Crippen LogP contribution in [0.25, 0.3) is 0 Å². The van der Waals surface area contributed by atoms with Crippen LogP contribution in [-0.4, -0.2) is 6.03 Å². The third-order valence-corrected chi connectivity index (χ3v) is 3.56. The molecule has 0 bridgehead atoms. The minimum Gasteiger partial charge on any atom is -0.334 e. The number of carbonyl (C=O) groups is 1. The van der Waals surface area contributed by atoms with E-state index in [9.17, 15) is 9.18 Å². The Morgan fingerprint density at radius 3 is 2.48 bits per heavy atom. The molecular formula is C19H23FN2O. The maximum absolute atomic E-state index is 13.1. The van der Waals surface area contributed by atoms with E-state index in [1.54, 1.807) is 12.1 Å². The molecule has 0 aliphatic heterocycles. The van der Waals surface area contributed by atoms with Crippen LogP contribution >= 0.6 is 0 Å². The molecule has 2 N–H and O–H groups in total. The van der Waals surface area contributed by atoms with Crippen LogP contribution in [-0.2, 0) is 6.54 Å². The molecule has 122 valence electrons. The summed E-state index contributed by atoms with van der Waals surface area (Å²) in [7, 11) is 0. The predicted octanol–water partition coefficient (Wildman–Crippen LogP) is 4.41. The molecule has 0 aromatic heterocycles. The minimum absolute atomic E-state index is 0.0382. The van der Waals surface area contributed by atoms with Crippen molar-refractivity contribution in [3.8, 4) is 0 Å². The summed E-state index contributed by atoms with van der Waals surface area (Å²) < 4.78 is 13.1. The number of benzene rings is 2. The van der Waals surface area contributed by atoms with E-state index in [0.29, 0.717) is 12.5 Å². The summed E-state index contributed by atoms with van der Waals surface area (Å²) in [5, 5.41) is 5.79. The molecule has 1 unspecified atom stereocenters. The Hall–Kier alpha value is -2.36. The van der Waals surface area contributed by atoms with Crippen LogP contribution in [0.15, 0.2) is 54.6 Å². The molecule has 0 spiro atoms. The highest BCUT2D eigenvalue weighted by Gasteiger charge is 2.15. The van der Waals surface area contributed by atoms with Gasteiger partial charge in [-0.1, -0.05) is 56.3 Å². The van der Waals surface area contributed by atoms with Crippen molar-refractivity contribution in [2.75, 3.05) is 0 Å². The van der Waals surface area contributed by atoms with Crippen molar-refractivity contribution in [3.05, 3.63) is 71.5 Å². The largest absolute Gasteiger partial charge is 0.334 e. The number of rotatable bonds is 6. The molecule has 0 saturated heterocycles. The van der Waals surface area contributed by atoms with Crippen LogP contribution in [0.3, 0.4) is 0 Å². The van der Waals surface area contributed by atoms with Gasteiger partial charge in [-0.3, -0.25) is 0 Å². The highest BCUT2D eigenvalue weighted by atomic mass is 19.1. The lowest BCUT2D eigenvalue weighted by atomic mass is 9.97. The Balaban J connectivity index is 1.95. The molecule has 0 aliphatic carbocycles. The zero-order valence-electron chi connectivity index (χ0n) is 13.6. The Morgan fingerprint density at radius 1 is 1.09 bits per heavy atom. The first-order chi connectivity index (χ1) is 11.0. The molecule has 2 aromatic rings. The van der Waals surface area contributed by atoms with Gasteiger partial charge < -0.3 is 10.6 Å². The zero-order chi connectivity index (χ0) is 16.7. The molecule has 0 aliphatic rings. The quantitative estimate of drug-likeness (QED) is 0.814. The van der Waals surface area contributed by atoms with E-state index in [1.165, 1.54) is 12.1 Å². The van der Waals surface area contributed by atoms with E-state index >= 15 is 0 Å². The second-order valence-corrected chi connectivity index (χ2v) is 6.05. The number of hydrogen-bond donors (Lipinski definition) is 2. The van der Waals surface area contributed by atoms with E-state index in [-0.39, 0.29) is 17.9 Å². The average Bonchev–Trinajstić information content (AvgIpc) is 2.53. The third kappa shape index (κ3) is 5.74. The fourth-order valence-electron chi connectivity index (χ4n) is 2.47. The highest BCUT2D eigenvalue weighted by molar-refractivity contribution is 5.74. The third-order valence-electron chi connectivity index (χ3n) is 3.56. The fraction of sp³-hybridized carbons (Fsp3) is 0.316. The number of urea groups is 1. The first-order valence-electron chi connectivity index (χ1n) is 7.88. The molecule has 2 aromatic carbocycles. The molecule has 0 heterocycles. The molecule has 3 nitrogen and oxygen atoms in total. The predicted molar refractivity (Wildman–Crippen MR) is 90.4 cm³/mol. The standard InChI is InChI=1S/C19H23FN2O/c1-14(2)11-18(16-8-4-3-5-9-16)22-19(23)21-13-15-7-6-10-17(20)12-15/h3-10,12,14,18H,11,13H2,1-2H3,(H2,21,22,23). The molecule has 0 radical (unpaired) electrons. The van der Waals surface area contributed by atoms with Gasteiger partial charge in [-0.2, -0.15) is 0 Å². The Labute approximate surface area is 136 Å². The van der Waals surface area contributed by atoms with Crippen molar-refractivity contribution in [1.29, 1.82) is 0 Å². The molecule has 2 rings (SSSR count). The minimum atomic E-state index is -0.299. The smallest absolute Gasteiger partial charge is 0.315 e. The molecule has 23 heavy (non-hydrogen) atoms. The van der Waals surface area contributed by atoms with Gasteiger partial charge in [0.25, 0.3) is 0 Å². The van der Waals surface area contributed by atoms with Gasteiger partial charge in [0.05, 0.1) is 6.04 Å². The molecule has 0 saturated carbocycles. The highest BCUT2D eigenvalue weighted by Crippen LogP contribution is 2.20. The van der Waals surface area contributed by atoms with E-state index in [4.69, 9.17) is 0 Å². The number of halogens is 1. The van der Waals surface area contributed by atoms with Gasteiger partial charge >= 0.3 is 6.03 Å². The van der Waals surface area contributed by atoms with E-state index in [2.05, 4.69) is 24.5 Å². The van der Waals surface area contributed by atoms with Crippen LogP contribution in [0.1, 0.15) is 37.4 Å². The van der Waals surface area contributed by atoms with Crippen molar-refractivity contribution in [1.82, 2.24) is 10.6 Å². The lowest BCUT2D eigenvalue weighted by Crippen LogP contribution is -2.38. The summed E-state index contributed by atoms with van der Waals surface area (Å²) in [6, 6.07) is 15.9. The van der Waals surface area contributed by atoms with Crippen molar-refractivity contribution in [2.45, 2.75) is 32.9 Å². The summed E-state index contributed by atoms with van der Waals surface area (Å²) in [6.07, 6.45) is 0.859. The summed E-state index contributed by atoms with van der Waals surface area (Å²) in [5.41, 5.74) is 1.82. The van der Waals surface area contributed by atoms with Gasteiger partial charge in [-0.05, 0) is 35.6 Å². The SMILES string of the molecule is CC(C)CC(NC(=O)NCc1cccc(F)c1)c1ccccc1. The van der Waals surface area contributed by atoms with Gasteiger partial charge in [0.2, 0.25) is 0 Å². The van der Waals surface area contributed by atoms with Gasteiger partial charge in [0, 0.05) is 6.54 Å².